The van der Waals surface area contributed by atoms with Crippen LogP contribution in [0, 0.1) is 13.8 Å². The van der Waals surface area contributed by atoms with E-state index in [0.29, 0.717) is 11.5 Å². The molecule has 0 unspecified atom stereocenters. The van der Waals surface area contributed by atoms with E-state index in [1.165, 1.54) is 44.2 Å². The largest absolute Gasteiger partial charge is 0.448 e. The third kappa shape index (κ3) is 6.25. The van der Waals surface area contributed by atoms with Crippen molar-refractivity contribution in [1.82, 2.24) is 15.3 Å². The quantitative estimate of drug-likeness (QED) is 0.460. The number of hydrogen-bond donors (Lipinski definition) is 2. The first kappa shape index (κ1) is 24.1. The fraction of sp³-hybridized carbons (Fsp3) is 0.286. The summed E-state index contributed by atoms with van der Waals surface area (Å²) in [7, 11) is 0. The van der Waals surface area contributed by atoms with Gasteiger partial charge in [-0.25, -0.2) is 14.6 Å². The highest BCUT2D eigenvalue weighted by atomic mass is 16.6. The number of anilines is 2. The minimum atomic E-state index is -1.19. The Balaban J connectivity index is 1.57. The Bertz CT molecular complexity index is 1130. The summed E-state index contributed by atoms with van der Waals surface area (Å²) < 4.78 is 19.9. The van der Waals surface area contributed by atoms with Crippen molar-refractivity contribution in [2.45, 2.75) is 39.9 Å². The molecule has 0 radical (unpaired) electrons. The van der Waals surface area contributed by atoms with Gasteiger partial charge in [0.2, 0.25) is 0 Å². The molecule has 3 aromatic heterocycles. The van der Waals surface area contributed by atoms with Crippen LogP contribution in [0.15, 0.2) is 39.4 Å². The molecule has 0 fully saturated rings. The Morgan fingerprint density at radius 1 is 0.794 bits per heavy atom. The molecule has 0 spiro atoms. The number of aryl methyl sites for hydroxylation is 2. The topological polar surface area (TPSA) is 176 Å². The maximum Gasteiger partial charge on any atom is 0.357 e. The maximum atomic E-state index is 12.4. The van der Waals surface area contributed by atoms with Crippen molar-refractivity contribution < 1.29 is 37.7 Å². The van der Waals surface area contributed by atoms with Gasteiger partial charge in [-0.15, -0.1) is 0 Å². The molecular weight excluding hydrogens is 450 g/mol. The van der Waals surface area contributed by atoms with Gasteiger partial charge in [-0.1, -0.05) is 16.4 Å². The predicted octanol–water partition coefficient (Wildman–Crippen LogP) is 2.04. The zero-order valence-corrected chi connectivity index (χ0v) is 18.6. The summed E-state index contributed by atoms with van der Waals surface area (Å²) in [5, 5.41) is 12.1. The van der Waals surface area contributed by atoms with Gasteiger partial charge in [0.25, 0.3) is 11.8 Å². The second-order valence-corrected chi connectivity index (χ2v) is 7.13. The molecule has 13 heteroatoms. The Hall–Kier alpha value is -4.55. The van der Waals surface area contributed by atoms with Crippen LogP contribution in [0.4, 0.5) is 11.6 Å². The Morgan fingerprint density at radius 3 is 1.56 bits per heavy atom. The smallest absolute Gasteiger partial charge is 0.357 e. The molecule has 34 heavy (non-hydrogen) atoms. The fourth-order valence-corrected chi connectivity index (χ4v) is 2.52. The lowest BCUT2D eigenvalue weighted by molar-refractivity contribution is -0.124. The Labute approximate surface area is 192 Å². The van der Waals surface area contributed by atoms with E-state index in [2.05, 4.69) is 25.9 Å². The van der Waals surface area contributed by atoms with Crippen molar-refractivity contribution in [3.05, 3.63) is 53.2 Å². The van der Waals surface area contributed by atoms with Crippen LogP contribution in [0.3, 0.4) is 0 Å². The van der Waals surface area contributed by atoms with E-state index in [0.717, 1.165) is 0 Å². The standard InChI is InChI=1S/C21H21N5O8/c1-10-8-16(25-33-10)23-18(27)12(3)31-20(29)14-6-5-7-15(22-14)21(30)32-13(4)19(28)24-17-9-11(2)34-26-17/h5-9,12-13H,1-4H3,(H,23,25,27)(H,24,26,28)/t12-,13+. The third-order valence-corrected chi connectivity index (χ3v) is 4.23. The highest BCUT2D eigenvalue weighted by Crippen LogP contribution is 2.11. The van der Waals surface area contributed by atoms with Crippen LogP contribution in [0.2, 0.25) is 0 Å². The average Bonchev–Trinajstić information content (AvgIpc) is 3.40. The van der Waals surface area contributed by atoms with Crippen LogP contribution in [-0.4, -0.2) is 51.3 Å². The number of amides is 2. The number of aromatic nitrogens is 3. The zero-order valence-electron chi connectivity index (χ0n) is 18.6. The van der Waals surface area contributed by atoms with Gasteiger partial charge < -0.3 is 29.2 Å². The van der Waals surface area contributed by atoms with Gasteiger partial charge in [0.05, 0.1) is 0 Å². The first-order chi connectivity index (χ1) is 16.1. The first-order valence-corrected chi connectivity index (χ1v) is 9.99. The molecule has 2 amide bonds. The van der Waals surface area contributed by atoms with Gasteiger partial charge in [-0.2, -0.15) is 0 Å². The van der Waals surface area contributed by atoms with E-state index < -0.39 is 36.0 Å². The van der Waals surface area contributed by atoms with Crippen molar-refractivity contribution >= 4 is 35.4 Å². The number of pyridine rings is 1. The third-order valence-electron chi connectivity index (χ3n) is 4.23. The number of rotatable bonds is 8. The molecule has 3 heterocycles. The SMILES string of the molecule is Cc1cc(NC(=O)[C@H](C)OC(=O)c2cccc(C(=O)O[C@H](C)C(=O)Nc3cc(C)on3)n2)no1. The number of carbonyl (C=O) groups is 4. The number of carbonyl (C=O) groups excluding carboxylic acids is 4. The molecule has 2 N–H and O–H groups in total. The van der Waals surface area contributed by atoms with Crippen LogP contribution in [0.1, 0.15) is 46.3 Å². The van der Waals surface area contributed by atoms with Crippen LogP contribution in [-0.2, 0) is 19.1 Å². The summed E-state index contributed by atoms with van der Waals surface area (Å²) in [6.07, 6.45) is -2.38. The average molecular weight is 471 g/mol. The van der Waals surface area contributed by atoms with Crippen LogP contribution in [0.25, 0.3) is 0 Å². The highest BCUT2D eigenvalue weighted by Gasteiger charge is 2.24. The van der Waals surface area contributed by atoms with Gasteiger partial charge in [0.1, 0.15) is 22.9 Å². The molecule has 0 saturated carbocycles. The second-order valence-electron chi connectivity index (χ2n) is 7.13. The van der Waals surface area contributed by atoms with Crippen molar-refractivity contribution in [2.75, 3.05) is 10.6 Å². The molecule has 0 aliphatic carbocycles. The minimum Gasteiger partial charge on any atom is -0.448 e. The first-order valence-electron chi connectivity index (χ1n) is 9.99. The molecule has 3 rings (SSSR count). The summed E-state index contributed by atoms with van der Waals surface area (Å²) >= 11 is 0. The van der Waals surface area contributed by atoms with E-state index in [1.807, 2.05) is 0 Å². The van der Waals surface area contributed by atoms with Crippen molar-refractivity contribution in [1.29, 1.82) is 0 Å². The number of nitrogens with zero attached hydrogens (tertiary/aromatic N) is 3. The molecule has 0 aliphatic rings. The Kier molecular flexibility index (Phi) is 7.36. The Morgan fingerprint density at radius 2 is 1.21 bits per heavy atom. The number of ether oxygens (including phenoxy) is 2. The van der Waals surface area contributed by atoms with E-state index in [1.54, 1.807) is 13.8 Å². The lowest BCUT2D eigenvalue weighted by atomic mass is 10.3. The maximum absolute atomic E-state index is 12.4. The number of hydrogen-bond acceptors (Lipinski definition) is 11. The van der Waals surface area contributed by atoms with E-state index in [9.17, 15) is 19.2 Å². The molecule has 13 nitrogen and oxygen atoms in total. The summed E-state index contributed by atoms with van der Waals surface area (Å²) in [6, 6.07) is 6.97. The zero-order chi connectivity index (χ0) is 24.8. The lowest BCUT2D eigenvalue weighted by Gasteiger charge is -2.13. The molecule has 3 aromatic rings. The van der Waals surface area contributed by atoms with E-state index >= 15 is 0 Å². The van der Waals surface area contributed by atoms with Gasteiger partial charge in [-0.3, -0.25) is 9.59 Å². The van der Waals surface area contributed by atoms with Crippen molar-refractivity contribution in [3.63, 3.8) is 0 Å². The molecule has 2 atom stereocenters. The second kappa shape index (κ2) is 10.4. The van der Waals surface area contributed by atoms with Gasteiger partial charge in [0.15, 0.2) is 23.8 Å². The van der Waals surface area contributed by atoms with E-state index in [-0.39, 0.29) is 23.0 Å². The van der Waals surface area contributed by atoms with Crippen LogP contribution >= 0.6 is 0 Å². The normalized spacial score (nSPS) is 12.4. The summed E-state index contributed by atoms with van der Waals surface area (Å²) in [6.45, 7) is 6.02. The number of esters is 2. The molecule has 0 aliphatic heterocycles. The molecular formula is C21H21N5O8. The van der Waals surface area contributed by atoms with Crippen molar-refractivity contribution in [2.24, 2.45) is 0 Å². The molecule has 0 bridgehead atoms. The lowest BCUT2D eigenvalue weighted by Crippen LogP contribution is -2.31. The van der Waals surface area contributed by atoms with Crippen LogP contribution < -0.4 is 10.6 Å². The van der Waals surface area contributed by atoms with Gasteiger partial charge >= 0.3 is 11.9 Å². The molecule has 178 valence electrons. The predicted molar refractivity (Wildman–Crippen MR) is 114 cm³/mol. The van der Waals surface area contributed by atoms with Gasteiger partial charge in [-0.05, 0) is 39.8 Å². The minimum absolute atomic E-state index is 0.171. The fourth-order valence-electron chi connectivity index (χ4n) is 2.52. The molecule has 0 aromatic carbocycles. The summed E-state index contributed by atoms with van der Waals surface area (Å²) in [4.78, 5) is 53.0. The summed E-state index contributed by atoms with van der Waals surface area (Å²) in [5.74, 6) is -1.84. The molecule has 0 saturated heterocycles. The van der Waals surface area contributed by atoms with Crippen LogP contribution in [0.5, 0.6) is 0 Å². The van der Waals surface area contributed by atoms with Gasteiger partial charge in [0, 0.05) is 12.1 Å². The van der Waals surface area contributed by atoms with E-state index in [4.69, 9.17) is 18.5 Å². The highest BCUT2D eigenvalue weighted by molar-refractivity contribution is 5.98. The summed E-state index contributed by atoms with van der Waals surface area (Å²) in [5.41, 5.74) is -0.469. The monoisotopic (exact) mass is 471 g/mol. The number of nitrogens with one attached hydrogen (secondary N) is 2. The van der Waals surface area contributed by atoms with Crippen molar-refractivity contribution in [3.8, 4) is 0 Å².